The average molecular weight is 305 g/mol. The third-order valence-electron chi connectivity index (χ3n) is 3.63. The van der Waals surface area contributed by atoms with Crippen molar-refractivity contribution in [3.05, 3.63) is 72.4 Å². The number of benzene rings is 2. The van der Waals surface area contributed by atoms with Gasteiger partial charge in [-0.2, -0.15) is 10.1 Å². The molecule has 0 radical (unpaired) electrons. The molecule has 5 nitrogen and oxygen atoms in total. The molecule has 0 saturated carbocycles. The minimum Gasteiger partial charge on any atom is -0.354 e. The van der Waals surface area contributed by atoms with Gasteiger partial charge in [0.2, 0.25) is 0 Å². The van der Waals surface area contributed by atoms with Crippen LogP contribution in [0.1, 0.15) is 5.56 Å². The fourth-order valence-corrected chi connectivity index (χ4v) is 2.32. The standard InChI is InChI=1S/C18H19N5/c1-22(14-15-9-5-3-6-10-15)17-13-19-21-18(20-17)23(2)16-11-7-4-8-12-16/h3-13H,14H2,1-2H3. The molecule has 2 aromatic carbocycles. The van der Waals surface area contributed by atoms with Crippen molar-refractivity contribution in [1.82, 2.24) is 15.2 Å². The maximum Gasteiger partial charge on any atom is 0.251 e. The van der Waals surface area contributed by atoms with Gasteiger partial charge in [0.25, 0.3) is 5.95 Å². The molecule has 0 aliphatic carbocycles. The third kappa shape index (κ3) is 3.63. The first-order chi connectivity index (χ1) is 11.2. The Hall–Kier alpha value is -2.95. The molecule has 0 fully saturated rings. The SMILES string of the molecule is CN(Cc1ccccc1)c1cnnc(N(C)c2ccccc2)n1. The molecule has 0 amide bonds. The predicted octanol–water partition coefficient (Wildman–Crippen LogP) is 3.28. The van der Waals surface area contributed by atoms with Crippen LogP contribution in [0.25, 0.3) is 0 Å². The van der Waals surface area contributed by atoms with E-state index in [0.29, 0.717) is 5.95 Å². The molecule has 0 aliphatic heterocycles. The van der Waals surface area contributed by atoms with Crippen molar-refractivity contribution in [1.29, 1.82) is 0 Å². The number of hydrogen-bond acceptors (Lipinski definition) is 5. The summed E-state index contributed by atoms with van der Waals surface area (Å²) in [5.74, 6) is 1.37. The zero-order valence-corrected chi connectivity index (χ0v) is 13.3. The first-order valence-electron chi connectivity index (χ1n) is 7.47. The van der Waals surface area contributed by atoms with Gasteiger partial charge in [-0.15, -0.1) is 5.10 Å². The first kappa shape index (κ1) is 15.0. The average Bonchev–Trinajstić information content (AvgIpc) is 2.63. The number of hydrogen-bond donors (Lipinski definition) is 0. The van der Waals surface area contributed by atoms with E-state index in [1.54, 1.807) is 6.20 Å². The van der Waals surface area contributed by atoms with E-state index in [-0.39, 0.29) is 0 Å². The minimum absolute atomic E-state index is 0.577. The van der Waals surface area contributed by atoms with Gasteiger partial charge >= 0.3 is 0 Å². The Balaban J connectivity index is 1.79. The fraction of sp³-hybridized carbons (Fsp3) is 0.167. The lowest BCUT2D eigenvalue weighted by Gasteiger charge is -2.21. The summed E-state index contributed by atoms with van der Waals surface area (Å²) in [6.45, 7) is 0.772. The molecule has 0 bridgehead atoms. The van der Waals surface area contributed by atoms with Crippen molar-refractivity contribution in [2.45, 2.75) is 6.54 Å². The summed E-state index contributed by atoms with van der Waals surface area (Å²) in [4.78, 5) is 8.61. The molecule has 0 unspecified atom stereocenters. The smallest absolute Gasteiger partial charge is 0.251 e. The molecule has 1 heterocycles. The van der Waals surface area contributed by atoms with Crippen LogP contribution in [-0.2, 0) is 6.54 Å². The van der Waals surface area contributed by atoms with E-state index in [4.69, 9.17) is 0 Å². The number of nitrogens with zero attached hydrogens (tertiary/aromatic N) is 5. The Morgan fingerprint density at radius 2 is 1.52 bits per heavy atom. The monoisotopic (exact) mass is 305 g/mol. The van der Waals surface area contributed by atoms with E-state index >= 15 is 0 Å². The lowest BCUT2D eigenvalue weighted by atomic mass is 10.2. The molecule has 1 aromatic heterocycles. The summed E-state index contributed by atoms with van der Waals surface area (Å²) >= 11 is 0. The number of rotatable bonds is 5. The Morgan fingerprint density at radius 1 is 0.870 bits per heavy atom. The quantitative estimate of drug-likeness (QED) is 0.724. The Kier molecular flexibility index (Phi) is 4.47. The zero-order chi connectivity index (χ0) is 16.1. The van der Waals surface area contributed by atoms with Crippen molar-refractivity contribution >= 4 is 17.5 Å². The fourth-order valence-electron chi connectivity index (χ4n) is 2.32. The summed E-state index contributed by atoms with van der Waals surface area (Å²) in [5, 5.41) is 8.24. The molecule has 0 atom stereocenters. The molecule has 116 valence electrons. The molecule has 0 spiro atoms. The Morgan fingerprint density at radius 3 is 2.22 bits per heavy atom. The maximum absolute atomic E-state index is 4.62. The van der Waals surface area contributed by atoms with Crippen LogP contribution < -0.4 is 9.80 Å². The van der Waals surface area contributed by atoms with E-state index in [2.05, 4.69) is 32.2 Å². The number of anilines is 3. The molecular formula is C18H19N5. The normalized spacial score (nSPS) is 10.3. The predicted molar refractivity (Wildman–Crippen MR) is 92.9 cm³/mol. The summed E-state index contributed by atoms with van der Waals surface area (Å²) in [6.07, 6.45) is 1.69. The van der Waals surface area contributed by atoms with Gasteiger partial charge in [-0.05, 0) is 17.7 Å². The highest BCUT2D eigenvalue weighted by atomic mass is 15.3. The first-order valence-corrected chi connectivity index (χ1v) is 7.47. The largest absolute Gasteiger partial charge is 0.354 e. The molecule has 0 saturated heterocycles. The summed E-state index contributed by atoms with van der Waals surface area (Å²) in [6, 6.07) is 20.3. The zero-order valence-electron chi connectivity index (χ0n) is 13.3. The van der Waals surface area contributed by atoms with E-state index in [1.807, 2.05) is 67.5 Å². The van der Waals surface area contributed by atoms with Crippen LogP contribution in [0.2, 0.25) is 0 Å². The van der Waals surface area contributed by atoms with E-state index < -0.39 is 0 Å². The van der Waals surface area contributed by atoms with Gasteiger partial charge in [-0.3, -0.25) is 0 Å². The Bertz CT molecular complexity index is 746. The van der Waals surface area contributed by atoms with Gasteiger partial charge in [0, 0.05) is 26.3 Å². The Labute approximate surface area is 136 Å². The number of para-hydroxylation sites is 1. The van der Waals surface area contributed by atoms with Gasteiger partial charge in [-0.25, -0.2) is 0 Å². The van der Waals surface area contributed by atoms with Crippen molar-refractivity contribution in [3.63, 3.8) is 0 Å². The molecule has 0 N–H and O–H groups in total. The van der Waals surface area contributed by atoms with E-state index in [0.717, 1.165) is 18.1 Å². The van der Waals surface area contributed by atoms with Gasteiger partial charge in [-0.1, -0.05) is 48.5 Å². The molecule has 3 aromatic rings. The van der Waals surface area contributed by atoms with Gasteiger partial charge in [0.1, 0.15) is 0 Å². The second-order valence-corrected chi connectivity index (χ2v) is 5.35. The molecule has 5 heteroatoms. The van der Waals surface area contributed by atoms with Gasteiger partial charge in [0.05, 0.1) is 6.20 Å². The third-order valence-corrected chi connectivity index (χ3v) is 3.63. The second-order valence-electron chi connectivity index (χ2n) is 5.35. The van der Waals surface area contributed by atoms with E-state index in [1.165, 1.54) is 5.56 Å². The molecule has 3 rings (SSSR count). The highest BCUT2D eigenvalue weighted by Gasteiger charge is 2.11. The lowest BCUT2D eigenvalue weighted by molar-refractivity contribution is 0.852. The van der Waals surface area contributed by atoms with Gasteiger partial charge < -0.3 is 9.80 Å². The minimum atomic E-state index is 0.577. The lowest BCUT2D eigenvalue weighted by Crippen LogP contribution is -2.20. The highest BCUT2D eigenvalue weighted by Crippen LogP contribution is 2.20. The second kappa shape index (κ2) is 6.87. The number of aromatic nitrogens is 3. The van der Waals surface area contributed by atoms with Crippen molar-refractivity contribution in [2.75, 3.05) is 23.9 Å². The van der Waals surface area contributed by atoms with Crippen LogP contribution in [0.3, 0.4) is 0 Å². The van der Waals surface area contributed by atoms with Crippen LogP contribution in [0.15, 0.2) is 66.9 Å². The topological polar surface area (TPSA) is 45.2 Å². The molecule has 0 aliphatic rings. The summed E-state index contributed by atoms with van der Waals surface area (Å²) in [5.41, 5.74) is 2.25. The van der Waals surface area contributed by atoms with Crippen LogP contribution in [0.4, 0.5) is 17.5 Å². The summed E-state index contributed by atoms with van der Waals surface area (Å²) in [7, 11) is 3.94. The maximum atomic E-state index is 4.62. The van der Waals surface area contributed by atoms with Crippen LogP contribution >= 0.6 is 0 Å². The van der Waals surface area contributed by atoms with Crippen molar-refractivity contribution < 1.29 is 0 Å². The van der Waals surface area contributed by atoms with Crippen molar-refractivity contribution in [2.24, 2.45) is 0 Å². The van der Waals surface area contributed by atoms with Gasteiger partial charge in [0.15, 0.2) is 5.82 Å². The van der Waals surface area contributed by atoms with Crippen LogP contribution in [0.5, 0.6) is 0 Å². The van der Waals surface area contributed by atoms with Crippen molar-refractivity contribution in [3.8, 4) is 0 Å². The van der Waals surface area contributed by atoms with E-state index in [9.17, 15) is 0 Å². The molecule has 23 heavy (non-hydrogen) atoms. The summed E-state index contributed by atoms with van der Waals surface area (Å²) < 4.78 is 0. The molecular weight excluding hydrogens is 286 g/mol. The van der Waals surface area contributed by atoms with Crippen LogP contribution in [-0.4, -0.2) is 29.3 Å². The highest BCUT2D eigenvalue weighted by molar-refractivity contribution is 5.56. The van der Waals surface area contributed by atoms with Crippen LogP contribution in [0, 0.1) is 0 Å².